The molecule has 6 aromatic rings. The van der Waals surface area contributed by atoms with Crippen LogP contribution in [0.1, 0.15) is 148 Å². The molecule has 9 N–H and O–H groups in total. The van der Waals surface area contributed by atoms with Crippen molar-refractivity contribution in [1.29, 1.82) is 5.26 Å². The van der Waals surface area contributed by atoms with E-state index in [4.69, 9.17) is 34.8 Å². The Kier molecular flexibility index (Phi) is 20.6. The first kappa shape index (κ1) is 67.2. The molecule has 11 rings (SSSR count). The minimum absolute atomic E-state index is 0.0433. The number of rotatable bonds is 13. The minimum atomic E-state index is -1.95. The largest absolute Gasteiger partial charge is 0.388 e. The first-order valence-electron chi connectivity index (χ1n) is 30.8. The van der Waals surface area contributed by atoms with Crippen LogP contribution in [0.3, 0.4) is 0 Å². The number of aliphatic hydroxyl groups excluding tert-OH is 3. The summed E-state index contributed by atoms with van der Waals surface area (Å²) >= 11 is 18.8. The number of fused-ring (bicyclic) bond motifs is 3. The molecule has 1 aliphatic carbocycles. The topological polar surface area (TPSA) is 302 Å². The van der Waals surface area contributed by atoms with E-state index in [0.29, 0.717) is 65.8 Å². The van der Waals surface area contributed by atoms with Gasteiger partial charge in [-0.3, -0.25) is 24.3 Å². The molecule has 5 aliphatic rings. The molecule has 89 heavy (non-hydrogen) atoms. The Hall–Kier alpha value is -6.19. The fraction of sp³-hybridized carbons (Fsp3) is 0.578. The number of likely N-dealkylation sites (tertiary alicyclic amines) is 3. The van der Waals surface area contributed by atoms with Crippen LogP contribution in [0.2, 0.25) is 15.1 Å². The van der Waals surface area contributed by atoms with E-state index in [1.165, 1.54) is 6.92 Å². The third-order valence-corrected chi connectivity index (χ3v) is 22.6. The summed E-state index contributed by atoms with van der Waals surface area (Å²) in [6, 6.07) is 12.8. The van der Waals surface area contributed by atoms with Gasteiger partial charge in [-0.25, -0.2) is 14.4 Å². The van der Waals surface area contributed by atoms with E-state index in [2.05, 4.69) is 100 Å². The highest BCUT2D eigenvalue weighted by Crippen LogP contribution is 2.49. The normalized spacial score (nSPS) is 21.4. The van der Waals surface area contributed by atoms with Crippen molar-refractivity contribution >= 4 is 107 Å². The average molecular weight is 1300 g/mol. The number of halogens is 3. The molecular formula is C64H86Cl3N13O8S. The smallest absolute Gasteiger partial charge is 0.318 e. The van der Waals surface area contributed by atoms with Gasteiger partial charge >= 0.3 is 18.1 Å². The number of nitriles is 1. The van der Waals surface area contributed by atoms with Gasteiger partial charge in [0.05, 0.1) is 66.1 Å². The first-order valence-corrected chi connectivity index (χ1v) is 34.0. The second-order valence-corrected chi connectivity index (χ2v) is 31.1. The molecule has 0 unspecified atom stereocenters. The zero-order chi connectivity index (χ0) is 64.4. The Morgan fingerprint density at radius 2 is 0.955 bits per heavy atom. The Morgan fingerprint density at radius 1 is 0.618 bits per heavy atom. The Labute approximate surface area is 535 Å². The van der Waals surface area contributed by atoms with Gasteiger partial charge < -0.3 is 46.0 Å². The second kappa shape index (κ2) is 27.3. The molecular weight excluding hydrogens is 1220 g/mol. The Morgan fingerprint density at radius 3 is 1.28 bits per heavy atom. The predicted octanol–water partition coefficient (Wildman–Crippen LogP) is 10.6. The lowest BCUT2D eigenvalue weighted by Crippen LogP contribution is -2.51. The number of carbonyl (C=O) groups is 4. The Bertz CT molecular complexity index is 3670. The summed E-state index contributed by atoms with van der Waals surface area (Å²) in [5, 5.41) is 77.1. The predicted molar refractivity (Wildman–Crippen MR) is 349 cm³/mol. The number of urea groups is 3. The molecule has 21 nitrogen and oxygen atoms in total. The van der Waals surface area contributed by atoms with Crippen LogP contribution in [0, 0.1) is 45.3 Å². The summed E-state index contributed by atoms with van der Waals surface area (Å²) in [6.07, 6.45) is 10.7. The van der Waals surface area contributed by atoms with Crippen molar-refractivity contribution in [1.82, 2.24) is 61.2 Å². The maximum atomic E-state index is 12.7. The number of benzene rings is 3. The van der Waals surface area contributed by atoms with Crippen LogP contribution < -0.4 is 16.0 Å². The van der Waals surface area contributed by atoms with Crippen molar-refractivity contribution in [2.75, 3.05) is 57.3 Å². The van der Waals surface area contributed by atoms with E-state index in [1.54, 1.807) is 40.5 Å². The third kappa shape index (κ3) is 15.4. The van der Waals surface area contributed by atoms with Crippen molar-refractivity contribution in [2.45, 2.75) is 143 Å². The van der Waals surface area contributed by atoms with Gasteiger partial charge in [0.15, 0.2) is 0 Å². The summed E-state index contributed by atoms with van der Waals surface area (Å²) in [5.41, 5.74) is 2.80. The summed E-state index contributed by atoms with van der Waals surface area (Å²) < 4.78 is 12.0. The van der Waals surface area contributed by atoms with Crippen LogP contribution in [0.4, 0.5) is 14.4 Å². The van der Waals surface area contributed by atoms with Gasteiger partial charge in [-0.15, -0.1) is 0 Å². The molecule has 4 saturated heterocycles. The molecule has 6 amide bonds. The lowest BCUT2D eigenvalue weighted by atomic mass is 9.68. The molecule has 1 saturated carbocycles. The molecule has 4 aliphatic heterocycles. The number of hydrogen-bond donors (Lipinski definition) is 9. The number of ketones is 1. The molecule has 3 aromatic heterocycles. The maximum Gasteiger partial charge on any atom is 0.318 e. The minimum Gasteiger partial charge on any atom is -0.388 e. The number of aromatic amines is 3. The molecule has 25 heteroatoms. The second-order valence-electron chi connectivity index (χ2n) is 27.0. The SMILES string of the molecule is C=S1(=O)CCC(NC(=O)N2CCC(C(C)(C)[C@H](O)c3cc(Cl)cc4cn[nH]c34)CC2)CC1.CC(=O)CNC(=O)N1CCC(C(C)(C)[C@H](O)c2cc(Cl)cc3cn[nH]c23)CC1.CC(C)(C1CCN(C(=O)NC2(C#N)CC2)CC1)[C@H](O)c1cc(Cl)cc2cn[nH]c12. The van der Waals surface area contributed by atoms with Crippen molar-refractivity contribution in [2.24, 2.45) is 34.0 Å². The number of nitrogens with zero attached hydrogens (tertiary/aromatic N) is 7. The molecule has 0 bridgehead atoms. The van der Waals surface area contributed by atoms with E-state index in [-0.39, 0.29) is 54.2 Å². The summed E-state index contributed by atoms with van der Waals surface area (Å²) in [7, 11) is -1.95. The van der Waals surface area contributed by atoms with E-state index in [9.17, 15) is 44.0 Å². The average Bonchev–Trinajstić information content (AvgIpc) is 1.84. The van der Waals surface area contributed by atoms with Crippen LogP contribution in [0.15, 0.2) is 55.0 Å². The van der Waals surface area contributed by atoms with Crippen LogP contribution >= 0.6 is 34.8 Å². The zero-order valence-corrected chi connectivity index (χ0v) is 55.0. The number of piperidine rings is 3. The number of Topliss-reactive ketones (excluding diaryl/α,β-unsaturated/α-hetero) is 1. The Balaban J connectivity index is 0.000000159. The van der Waals surface area contributed by atoms with E-state index >= 15 is 0 Å². The number of amides is 6. The lowest BCUT2D eigenvalue weighted by molar-refractivity contribution is -0.116. The number of aromatic nitrogens is 6. The molecule has 3 aromatic carbocycles. The van der Waals surface area contributed by atoms with E-state index < -0.39 is 49.6 Å². The highest BCUT2D eigenvalue weighted by molar-refractivity contribution is 8.00. The number of H-pyrrole nitrogens is 3. The van der Waals surface area contributed by atoms with Crippen LogP contribution in [0.25, 0.3) is 32.7 Å². The molecule has 3 atom stereocenters. The lowest BCUT2D eigenvalue weighted by Gasteiger charge is -2.43. The highest BCUT2D eigenvalue weighted by Gasteiger charge is 2.47. The zero-order valence-electron chi connectivity index (χ0n) is 51.9. The van der Waals surface area contributed by atoms with E-state index in [0.717, 1.165) is 114 Å². The number of hydrogen-bond acceptors (Lipinski definition) is 12. The van der Waals surface area contributed by atoms with Gasteiger partial charge in [-0.2, -0.15) is 20.6 Å². The number of nitrogens with one attached hydrogen (secondary N) is 6. The quantitative estimate of drug-likeness (QED) is 0.0488. The number of carbonyl (C=O) groups excluding carboxylic acids is 4. The molecule has 7 heterocycles. The van der Waals surface area contributed by atoms with Crippen LogP contribution in [-0.4, -0.2) is 163 Å². The summed E-state index contributed by atoms with van der Waals surface area (Å²) in [6.45, 7) is 17.6. The highest BCUT2D eigenvalue weighted by atomic mass is 35.5. The van der Waals surface area contributed by atoms with Crippen molar-refractivity contribution in [3.05, 3.63) is 86.7 Å². The van der Waals surface area contributed by atoms with Gasteiger partial charge in [0, 0.05) is 105 Å². The monoisotopic (exact) mass is 1300 g/mol. The van der Waals surface area contributed by atoms with Crippen LogP contribution in [0.5, 0.6) is 0 Å². The van der Waals surface area contributed by atoms with Crippen molar-refractivity contribution < 1.29 is 38.7 Å². The summed E-state index contributed by atoms with van der Waals surface area (Å²) in [5.74, 6) is 5.61. The molecule has 0 spiro atoms. The molecule has 0 radical (unpaired) electrons. The van der Waals surface area contributed by atoms with Gasteiger partial charge in [0.2, 0.25) is 0 Å². The van der Waals surface area contributed by atoms with Crippen LogP contribution in [-0.2, 0) is 14.3 Å². The van der Waals surface area contributed by atoms with Crippen molar-refractivity contribution in [3.8, 4) is 6.07 Å². The van der Waals surface area contributed by atoms with Gasteiger partial charge in [-0.05, 0) is 157 Å². The fourth-order valence-corrected chi connectivity index (χ4v) is 15.8. The summed E-state index contributed by atoms with van der Waals surface area (Å²) in [4.78, 5) is 53.8. The maximum absolute atomic E-state index is 12.7. The van der Waals surface area contributed by atoms with E-state index in [1.807, 2.05) is 29.2 Å². The molecule has 482 valence electrons. The fourth-order valence-electron chi connectivity index (χ4n) is 13.5. The van der Waals surface area contributed by atoms with Crippen molar-refractivity contribution in [3.63, 3.8) is 0 Å². The van der Waals surface area contributed by atoms with Gasteiger partial charge in [-0.1, -0.05) is 76.3 Å². The van der Waals surface area contributed by atoms with Gasteiger partial charge in [0.1, 0.15) is 11.3 Å². The number of aliphatic hydroxyl groups is 3. The standard InChI is InChI=1S/C23H33ClN4O3S.C21H26ClN5O2.C20H27ClN4O3/c1-23(2,21(29)19-13-17(24)12-15-14-25-27-20(15)19)16-4-8-28(9-5-16)22(30)26-18-6-10-32(3,31)11-7-18;1-20(2,18(28)16-10-15(22)9-13-11-24-26-17(13)16)14-3-7-27(8-4-14)19(29)25-21(12-23)5-6-21;1-12(26)10-22-19(28)25-6-4-14(5-7-25)20(2,3)18(27)16-9-15(21)8-13-11-23-24-17(13)16/h12-14,16,18,21,29H,3-11H2,1-2H3,(H,25,27)(H,26,30);9-11,14,18,28H,3-8H2,1-2H3,(H,24,26)(H,25,29);8-9,11,14,18,27H,4-7,10H2,1-3H3,(H,22,28)(H,23,24)/t18?,21-,32?;2*18-/m111/s1. The third-order valence-electron chi connectivity index (χ3n) is 19.9. The first-order chi connectivity index (χ1) is 42.0. The van der Waals surface area contributed by atoms with Gasteiger partial charge in [0.25, 0.3) is 0 Å². The molecule has 5 fully saturated rings.